The largest absolute Gasteiger partial charge is 0.497 e. The molecule has 3 heterocycles. The zero-order valence-corrected chi connectivity index (χ0v) is 20.1. The number of furan rings is 1. The SMILES string of the molecule is COc1ccc2c(c1)c(C1CCN(Cc3c(OC)cccc3C(=O)O)CC1)cn2Cc1ccco1. The van der Waals surface area contributed by atoms with Gasteiger partial charge in [0.05, 0.1) is 32.6 Å². The number of carboxylic acids is 1. The normalized spacial score (nSPS) is 14.9. The number of benzene rings is 2. The number of nitrogens with zero attached hydrogens (tertiary/aromatic N) is 2. The second kappa shape index (κ2) is 9.88. The number of ether oxygens (including phenoxy) is 2. The molecule has 2 aromatic carbocycles. The summed E-state index contributed by atoms with van der Waals surface area (Å²) in [7, 11) is 3.28. The highest BCUT2D eigenvalue weighted by Gasteiger charge is 2.26. The highest BCUT2D eigenvalue weighted by atomic mass is 16.5. The number of fused-ring (bicyclic) bond motifs is 1. The molecule has 7 heteroatoms. The molecule has 0 saturated carbocycles. The Morgan fingerprint density at radius 1 is 1.06 bits per heavy atom. The zero-order valence-electron chi connectivity index (χ0n) is 20.1. The second-order valence-corrected chi connectivity index (χ2v) is 9.02. The third-order valence-electron chi connectivity index (χ3n) is 7.02. The van der Waals surface area contributed by atoms with Crippen LogP contribution in [0.3, 0.4) is 0 Å². The molecule has 1 aliphatic rings. The molecule has 1 fully saturated rings. The Balaban J connectivity index is 1.37. The van der Waals surface area contributed by atoms with E-state index in [9.17, 15) is 9.90 Å². The lowest BCUT2D eigenvalue weighted by atomic mass is 9.89. The molecule has 0 radical (unpaired) electrons. The van der Waals surface area contributed by atoms with Gasteiger partial charge in [-0.25, -0.2) is 4.79 Å². The van der Waals surface area contributed by atoms with Gasteiger partial charge in [0.15, 0.2) is 0 Å². The molecule has 5 rings (SSSR count). The molecule has 0 unspecified atom stereocenters. The Hall–Kier alpha value is -3.71. The lowest BCUT2D eigenvalue weighted by Crippen LogP contribution is -2.33. The van der Waals surface area contributed by atoms with Gasteiger partial charge in [0, 0.05) is 29.2 Å². The highest BCUT2D eigenvalue weighted by Crippen LogP contribution is 2.37. The molecule has 2 aromatic heterocycles. The summed E-state index contributed by atoms with van der Waals surface area (Å²) in [6.07, 6.45) is 5.96. The number of likely N-dealkylation sites (tertiary alicyclic amines) is 1. The Labute approximate surface area is 204 Å². The fraction of sp³-hybridized carbons (Fsp3) is 0.321. The molecule has 1 saturated heterocycles. The number of hydrogen-bond acceptors (Lipinski definition) is 5. The van der Waals surface area contributed by atoms with Crippen LogP contribution in [0.15, 0.2) is 65.4 Å². The average Bonchev–Trinajstić information content (AvgIpc) is 3.52. The van der Waals surface area contributed by atoms with Crippen molar-refractivity contribution in [3.8, 4) is 11.5 Å². The Bertz CT molecular complexity index is 1320. The summed E-state index contributed by atoms with van der Waals surface area (Å²) < 4.78 is 18.8. The topological polar surface area (TPSA) is 77.1 Å². The molecule has 1 aliphatic heterocycles. The number of piperidine rings is 1. The Morgan fingerprint density at radius 2 is 1.89 bits per heavy atom. The molecule has 0 aliphatic carbocycles. The molecule has 182 valence electrons. The van der Waals surface area contributed by atoms with E-state index in [-0.39, 0.29) is 0 Å². The first-order chi connectivity index (χ1) is 17.1. The first-order valence-corrected chi connectivity index (χ1v) is 11.9. The molecule has 4 aromatic rings. The molecular formula is C28H30N2O5. The van der Waals surface area contributed by atoms with E-state index in [1.54, 1.807) is 32.6 Å². The zero-order chi connectivity index (χ0) is 24.4. The smallest absolute Gasteiger partial charge is 0.336 e. The fourth-order valence-corrected chi connectivity index (χ4v) is 5.20. The van der Waals surface area contributed by atoms with Gasteiger partial charge in [0.2, 0.25) is 0 Å². The van der Waals surface area contributed by atoms with Crippen molar-refractivity contribution in [2.45, 2.75) is 31.8 Å². The van der Waals surface area contributed by atoms with Crippen LogP contribution in [0.1, 0.15) is 46.0 Å². The summed E-state index contributed by atoms with van der Waals surface area (Å²) in [4.78, 5) is 14.1. The molecule has 7 nitrogen and oxygen atoms in total. The van der Waals surface area contributed by atoms with E-state index < -0.39 is 5.97 Å². The minimum atomic E-state index is -0.924. The summed E-state index contributed by atoms with van der Waals surface area (Å²) in [5.41, 5.74) is 3.54. The monoisotopic (exact) mass is 474 g/mol. The van der Waals surface area contributed by atoms with Crippen molar-refractivity contribution in [3.05, 3.63) is 83.4 Å². The van der Waals surface area contributed by atoms with E-state index in [2.05, 4.69) is 27.8 Å². The highest BCUT2D eigenvalue weighted by molar-refractivity contribution is 5.90. The fourth-order valence-electron chi connectivity index (χ4n) is 5.20. The van der Waals surface area contributed by atoms with Gasteiger partial charge in [-0.3, -0.25) is 4.90 Å². The van der Waals surface area contributed by atoms with Gasteiger partial charge >= 0.3 is 5.97 Å². The van der Waals surface area contributed by atoms with Crippen LogP contribution >= 0.6 is 0 Å². The van der Waals surface area contributed by atoms with Crippen LogP contribution in [0.5, 0.6) is 11.5 Å². The second-order valence-electron chi connectivity index (χ2n) is 9.02. The molecule has 0 bridgehead atoms. The first kappa shape index (κ1) is 23.1. The van der Waals surface area contributed by atoms with Crippen molar-refractivity contribution in [1.29, 1.82) is 0 Å². The predicted molar refractivity (Wildman–Crippen MR) is 134 cm³/mol. The number of rotatable bonds is 8. The van der Waals surface area contributed by atoms with Gasteiger partial charge < -0.3 is 23.6 Å². The number of aromatic nitrogens is 1. The van der Waals surface area contributed by atoms with Crippen LogP contribution in [0.2, 0.25) is 0 Å². The van der Waals surface area contributed by atoms with Crippen LogP contribution in [-0.4, -0.2) is 47.9 Å². The van der Waals surface area contributed by atoms with Crippen molar-refractivity contribution in [2.75, 3.05) is 27.3 Å². The van der Waals surface area contributed by atoms with Gasteiger partial charge in [-0.2, -0.15) is 0 Å². The minimum Gasteiger partial charge on any atom is -0.497 e. The lowest BCUT2D eigenvalue weighted by molar-refractivity contribution is 0.0693. The number of hydrogen-bond donors (Lipinski definition) is 1. The third kappa shape index (κ3) is 4.64. The van der Waals surface area contributed by atoms with Crippen molar-refractivity contribution in [2.24, 2.45) is 0 Å². The quantitative estimate of drug-likeness (QED) is 0.370. The molecule has 35 heavy (non-hydrogen) atoms. The van der Waals surface area contributed by atoms with Crippen LogP contribution in [0.25, 0.3) is 10.9 Å². The van der Waals surface area contributed by atoms with Gasteiger partial charge in [-0.05, 0) is 79.9 Å². The summed E-state index contributed by atoms with van der Waals surface area (Å²) in [6, 6.07) is 15.4. The van der Waals surface area contributed by atoms with Crippen molar-refractivity contribution < 1.29 is 23.8 Å². The molecule has 0 amide bonds. The predicted octanol–water partition coefficient (Wildman–Crippen LogP) is 5.38. The van der Waals surface area contributed by atoms with E-state index in [4.69, 9.17) is 13.9 Å². The Morgan fingerprint density at radius 3 is 2.57 bits per heavy atom. The minimum absolute atomic E-state index is 0.305. The summed E-state index contributed by atoms with van der Waals surface area (Å²) >= 11 is 0. The summed E-state index contributed by atoms with van der Waals surface area (Å²) in [6.45, 7) is 3.01. The maximum atomic E-state index is 11.8. The van der Waals surface area contributed by atoms with E-state index in [1.165, 1.54) is 16.5 Å². The Kier molecular flexibility index (Phi) is 6.51. The maximum absolute atomic E-state index is 11.8. The van der Waals surface area contributed by atoms with E-state index in [0.717, 1.165) is 43.0 Å². The third-order valence-corrected chi connectivity index (χ3v) is 7.02. The number of aromatic carboxylic acids is 1. The number of carboxylic acid groups (broad SMARTS) is 1. The van der Waals surface area contributed by atoms with Gasteiger partial charge in [0.25, 0.3) is 0 Å². The molecule has 0 atom stereocenters. The average molecular weight is 475 g/mol. The lowest BCUT2D eigenvalue weighted by Gasteiger charge is -2.32. The number of carbonyl (C=O) groups is 1. The van der Waals surface area contributed by atoms with Gasteiger partial charge in [-0.1, -0.05) is 6.07 Å². The first-order valence-electron chi connectivity index (χ1n) is 11.9. The summed E-state index contributed by atoms with van der Waals surface area (Å²) in [5.74, 6) is 1.89. The van der Waals surface area contributed by atoms with Gasteiger partial charge in [-0.15, -0.1) is 0 Å². The number of methoxy groups -OCH3 is 2. The van der Waals surface area contributed by atoms with Crippen LogP contribution in [0, 0.1) is 0 Å². The molecule has 0 spiro atoms. The van der Waals surface area contributed by atoms with Crippen molar-refractivity contribution in [3.63, 3.8) is 0 Å². The van der Waals surface area contributed by atoms with E-state index >= 15 is 0 Å². The van der Waals surface area contributed by atoms with Crippen LogP contribution < -0.4 is 9.47 Å². The summed E-state index contributed by atoms with van der Waals surface area (Å²) in [5, 5.41) is 10.9. The van der Waals surface area contributed by atoms with E-state index in [1.807, 2.05) is 24.3 Å². The van der Waals surface area contributed by atoms with Crippen molar-refractivity contribution in [1.82, 2.24) is 9.47 Å². The van der Waals surface area contributed by atoms with Crippen molar-refractivity contribution >= 4 is 16.9 Å². The van der Waals surface area contributed by atoms with Gasteiger partial charge in [0.1, 0.15) is 17.3 Å². The molecular weight excluding hydrogens is 444 g/mol. The molecule has 1 N–H and O–H groups in total. The standard InChI is InChI=1S/C28H30N2O5/c1-33-20-8-9-26-23(15-20)24(18-30(26)16-21-5-4-14-35-21)19-10-12-29(13-11-19)17-25-22(28(31)32)6-3-7-27(25)34-2/h3-9,14-15,18-19H,10-13,16-17H2,1-2H3,(H,31,32). The van der Waals surface area contributed by atoms with Crippen LogP contribution in [-0.2, 0) is 13.1 Å². The van der Waals surface area contributed by atoms with E-state index in [0.29, 0.717) is 30.3 Å². The van der Waals surface area contributed by atoms with Crippen LogP contribution in [0.4, 0.5) is 0 Å². The maximum Gasteiger partial charge on any atom is 0.336 e.